The zero-order valence-corrected chi connectivity index (χ0v) is 11.8. The predicted octanol–water partition coefficient (Wildman–Crippen LogP) is 4.27. The molecule has 0 saturated heterocycles. The van der Waals surface area contributed by atoms with E-state index in [1.165, 1.54) is 24.3 Å². The minimum atomic E-state index is -0.330. The van der Waals surface area contributed by atoms with Crippen molar-refractivity contribution in [2.24, 2.45) is 5.10 Å². The summed E-state index contributed by atoms with van der Waals surface area (Å²) in [4.78, 5) is 4.35. The molecular formula is C17H13F2N3. The molecule has 0 aliphatic heterocycles. The number of aryl methyl sites for hydroxylation is 1. The number of hydrazone groups is 1. The maximum absolute atomic E-state index is 13.4. The van der Waals surface area contributed by atoms with Crippen LogP contribution in [0.2, 0.25) is 0 Å². The number of nitrogens with one attached hydrogen (secondary N) is 1. The lowest BCUT2D eigenvalue weighted by Gasteiger charge is -2.07. The molecule has 1 heterocycles. The first-order valence-corrected chi connectivity index (χ1v) is 6.73. The molecule has 110 valence electrons. The van der Waals surface area contributed by atoms with Gasteiger partial charge >= 0.3 is 0 Å². The van der Waals surface area contributed by atoms with Gasteiger partial charge in [-0.15, -0.1) is 0 Å². The minimum Gasteiger partial charge on any atom is -0.278 e. The largest absolute Gasteiger partial charge is 0.278 e. The Morgan fingerprint density at radius 2 is 1.73 bits per heavy atom. The fourth-order valence-electron chi connectivity index (χ4n) is 2.15. The van der Waals surface area contributed by atoms with Gasteiger partial charge in [-0.3, -0.25) is 10.4 Å². The number of pyridine rings is 1. The highest BCUT2D eigenvalue weighted by Gasteiger charge is 2.04. The summed E-state index contributed by atoms with van der Waals surface area (Å²) in [5.41, 5.74) is 5.81. The fraction of sp³-hybridized carbons (Fsp3) is 0.0588. The van der Waals surface area contributed by atoms with Crippen LogP contribution in [-0.2, 0) is 0 Å². The number of rotatable bonds is 3. The number of hydrogen-bond donors (Lipinski definition) is 1. The standard InChI is InChI=1S/C17H13F2N3/c1-11-8-17(15-9-14(19)6-7-16(15)21-11)22-20-10-12-2-4-13(18)5-3-12/h2-10H,1H3,(H,21,22). The minimum absolute atomic E-state index is 0.295. The zero-order chi connectivity index (χ0) is 15.5. The number of anilines is 1. The SMILES string of the molecule is Cc1cc(NN=Cc2ccc(F)cc2)c2cc(F)ccc2n1. The molecule has 22 heavy (non-hydrogen) atoms. The van der Waals surface area contributed by atoms with Crippen LogP contribution >= 0.6 is 0 Å². The Morgan fingerprint density at radius 1 is 1.00 bits per heavy atom. The Kier molecular flexibility index (Phi) is 3.78. The summed E-state index contributed by atoms with van der Waals surface area (Å²) in [6.45, 7) is 1.86. The third-order valence-electron chi connectivity index (χ3n) is 3.17. The molecule has 1 aromatic heterocycles. The Labute approximate surface area is 126 Å². The molecule has 0 radical (unpaired) electrons. The van der Waals surface area contributed by atoms with E-state index in [0.29, 0.717) is 16.6 Å². The van der Waals surface area contributed by atoms with Crippen LogP contribution in [0.5, 0.6) is 0 Å². The van der Waals surface area contributed by atoms with Crippen molar-refractivity contribution >= 4 is 22.8 Å². The van der Waals surface area contributed by atoms with Crippen LogP contribution in [0.3, 0.4) is 0 Å². The van der Waals surface area contributed by atoms with E-state index in [4.69, 9.17) is 0 Å². The van der Waals surface area contributed by atoms with Crippen LogP contribution in [-0.4, -0.2) is 11.2 Å². The van der Waals surface area contributed by atoms with Gasteiger partial charge in [0.05, 0.1) is 17.4 Å². The van der Waals surface area contributed by atoms with Gasteiger partial charge < -0.3 is 0 Å². The van der Waals surface area contributed by atoms with Crippen LogP contribution < -0.4 is 5.43 Å². The second-order valence-electron chi connectivity index (χ2n) is 4.89. The van der Waals surface area contributed by atoms with E-state index in [1.54, 1.807) is 30.5 Å². The zero-order valence-electron chi connectivity index (χ0n) is 11.8. The molecule has 0 saturated carbocycles. The summed E-state index contributed by atoms with van der Waals surface area (Å²) in [6.07, 6.45) is 1.57. The number of halogens is 2. The number of benzene rings is 2. The molecule has 0 atom stereocenters. The Bertz CT molecular complexity index is 842. The predicted molar refractivity (Wildman–Crippen MR) is 84.1 cm³/mol. The van der Waals surface area contributed by atoms with Crippen molar-refractivity contribution in [2.45, 2.75) is 6.92 Å². The van der Waals surface area contributed by atoms with Gasteiger partial charge in [-0.1, -0.05) is 12.1 Å². The van der Waals surface area contributed by atoms with Crippen molar-refractivity contribution in [3.05, 3.63) is 71.4 Å². The summed E-state index contributed by atoms with van der Waals surface area (Å²) in [7, 11) is 0. The van der Waals surface area contributed by atoms with E-state index in [9.17, 15) is 8.78 Å². The second kappa shape index (κ2) is 5.89. The maximum atomic E-state index is 13.4. The fourth-order valence-corrected chi connectivity index (χ4v) is 2.15. The number of hydrogen-bond acceptors (Lipinski definition) is 3. The molecule has 0 amide bonds. The molecule has 0 fully saturated rings. The van der Waals surface area contributed by atoms with Crippen LogP contribution in [0.1, 0.15) is 11.3 Å². The molecule has 0 aliphatic rings. The normalized spacial score (nSPS) is 11.2. The average Bonchev–Trinajstić information content (AvgIpc) is 2.50. The number of aromatic nitrogens is 1. The van der Waals surface area contributed by atoms with E-state index in [-0.39, 0.29) is 11.6 Å². The molecule has 3 aromatic rings. The van der Waals surface area contributed by atoms with Crippen molar-refractivity contribution in [3.63, 3.8) is 0 Å². The molecule has 5 heteroatoms. The Balaban J connectivity index is 1.90. The van der Waals surface area contributed by atoms with Crippen molar-refractivity contribution in [2.75, 3.05) is 5.43 Å². The highest BCUT2D eigenvalue weighted by Crippen LogP contribution is 2.24. The van der Waals surface area contributed by atoms with Gasteiger partial charge in [0.2, 0.25) is 0 Å². The molecule has 0 unspecified atom stereocenters. The first kappa shape index (κ1) is 14.1. The van der Waals surface area contributed by atoms with Crippen molar-refractivity contribution in [1.29, 1.82) is 0 Å². The van der Waals surface area contributed by atoms with Gasteiger partial charge in [0.15, 0.2) is 0 Å². The van der Waals surface area contributed by atoms with Gasteiger partial charge in [0, 0.05) is 11.1 Å². The monoisotopic (exact) mass is 297 g/mol. The van der Waals surface area contributed by atoms with E-state index in [2.05, 4.69) is 15.5 Å². The lowest BCUT2D eigenvalue weighted by Crippen LogP contribution is -1.95. The van der Waals surface area contributed by atoms with Gasteiger partial charge in [0.1, 0.15) is 11.6 Å². The molecule has 2 aromatic carbocycles. The Hall–Kier alpha value is -2.82. The molecule has 3 rings (SSSR count). The summed E-state index contributed by atoms with van der Waals surface area (Å²) < 4.78 is 26.2. The first-order chi connectivity index (χ1) is 10.6. The summed E-state index contributed by atoms with van der Waals surface area (Å²) in [6, 6.07) is 12.2. The summed E-state index contributed by atoms with van der Waals surface area (Å²) >= 11 is 0. The maximum Gasteiger partial charge on any atom is 0.124 e. The van der Waals surface area contributed by atoms with E-state index >= 15 is 0 Å². The molecule has 3 nitrogen and oxygen atoms in total. The smallest absolute Gasteiger partial charge is 0.124 e. The van der Waals surface area contributed by atoms with Gasteiger partial charge in [-0.25, -0.2) is 8.78 Å². The van der Waals surface area contributed by atoms with E-state index in [1.807, 2.05) is 6.92 Å². The third kappa shape index (κ3) is 3.09. The van der Waals surface area contributed by atoms with E-state index in [0.717, 1.165) is 11.3 Å². The van der Waals surface area contributed by atoms with Crippen LogP contribution in [0.4, 0.5) is 14.5 Å². The van der Waals surface area contributed by atoms with Crippen LogP contribution in [0.25, 0.3) is 10.9 Å². The number of nitrogens with zero attached hydrogens (tertiary/aromatic N) is 2. The molecule has 1 N–H and O–H groups in total. The second-order valence-corrected chi connectivity index (χ2v) is 4.89. The van der Waals surface area contributed by atoms with Gasteiger partial charge in [-0.05, 0) is 48.9 Å². The lowest BCUT2D eigenvalue weighted by atomic mass is 10.1. The molecule has 0 spiro atoms. The van der Waals surface area contributed by atoms with Crippen LogP contribution in [0, 0.1) is 18.6 Å². The van der Waals surface area contributed by atoms with Gasteiger partial charge in [0.25, 0.3) is 0 Å². The Morgan fingerprint density at radius 3 is 2.50 bits per heavy atom. The molecule has 0 bridgehead atoms. The average molecular weight is 297 g/mol. The van der Waals surface area contributed by atoms with Crippen molar-refractivity contribution in [3.8, 4) is 0 Å². The third-order valence-corrected chi connectivity index (χ3v) is 3.17. The lowest BCUT2D eigenvalue weighted by molar-refractivity contribution is 0.627. The molecule has 0 aliphatic carbocycles. The highest BCUT2D eigenvalue weighted by molar-refractivity contribution is 5.92. The highest BCUT2D eigenvalue weighted by atomic mass is 19.1. The first-order valence-electron chi connectivity index (χ1n) is 6.73. The quantitative estimate of drug-likeness (QED) is 0.579. The van der Waals surface area contributed by atoms with Crippen molar-refractivity contribution in [1.82, 2.24) is 4.98 Å². The van der Waals surface area contributed by atoms with Crippen LogP contribution in [0.15, 0.2) is 53.6 Å². The summed E-state index contributed by atoms with van der Waals surface area (Å²) in [5, 5.41) is 4.77. The van der Waals surface area contributed by atoms with E-state index < -0.39 is 0 Å². The van der Waals surface area contributed by atoms with Gasteiger partial charge in [-0.2, -0.15) is 5.10 Å². The van der Waals surface area contributed by atoms with Crippen molar-refractivity contribution < 1.29 is 8.78 Å². The topological polar surface area (TPSA) is 37.3 Å². The number of fused-ring (bicyclic) bond motifs is 1. The summed E-state index contributed by atoms with van der Waals surface area (Å²) in [5.74, 6) is -0.625. The molecular weight excluding hydrogens is 284 g/mol.